The Morgan fingerprint density at radius 3 is 2.11 bits per heavy atom. The summed E-state index contributed by atoms with van der Waals surface area (Å²) in [6.45, 7) is 10.1. The van der Waals surface area contributed by atoms with Gasteiger partial charge in [-0.05, 0) is 32.7 Å². The highest BCUT2D eigenvalue weighted by molar-refractivity contribution is 4.88. The van der Waals surface area contributed by atoms with E-state index in [0.717, 1.165) is 13.0 Å². The minimum absolute atomic E-state index is 0.0153. The van der Waals surface area contributed by atoms with Crippen LogP contribution in [0.1, 0.15) is 85.5 Å². The van der Waals surface area contributed by atoms with Crippen molar-refractivity contribution in [1.82, 2.24) is 5.32 Å². The molecular weight excluding hydrogens is 234 g/mol. The van der Waals surface area contributed by atoms with Gasteiger partial charge in [0, 0.05) is 13.2 Å². The molecule has 0 aliphatic rings. The zero-order valence-corrected chi connectivity index (χ0v) is 14.1. The molecule has 1 N–H and O–H groups in total. The average molecular weight is 271 g/mol. The predicted octanol–water partition coefficient (Wildman–Crippen LogP) is 4.92. The lowest BCUT2D eigenvalue weighted by atomic mass is 9.88. The standard InChI is InChI=1S/C17H37NO/c1-6-9-10-11-12-13-14-16(18-15-7-2)17(4,8-3)19-5/h16,18H,6-15H2,1-5H3. The second-order valence-electron chi connectivity index (χ2n) is 5.93. The number of methoxy groups -OCH3 is 1. The van der Waals surface area contributed by atoms with E-state index >= 15 is 0 Å². The van der Waals surface area contributed by atoms with Crippen molar-refractivity contribution in [3.63, 3.8) is 0 Å². The molecule has 0 saturated heterocycles. The third-order valence-electron chi connectivity index (χ3n) is 4.39. The Kier molecular flexibility index (Phi) is 11.7. The molecule has 2 unspecified atom stereocenters. The number of rotatable bonds is 13. The fraction of sp³-hybridized carbons (Fsp3) is 1.00. The maximum Gasteiger partial charge on any atom is 0.0800 e. The SMILES string of the molecule is CCCCCCCCC(NCCC)C(C)(CC)OC. The molecule has 0 amide bonds. The van der Waals surface area contributed by atoms with E-state index in [1.165, 1.54) is 51.4 Å². The number of ether oxygens (including phenoxy) is 1. The second kappa shape index (κ2) is 11.7. The Labute approximate surface area is 121 Å². The lowest BCUT2D eigenvalue weighted by Gasteiger charge is -2.36. The summed E-state index contributed by atoms with van der Waals surface area (Å²) in [5, 5.41) is 3.69. The van der Waals surface area contributed by atoms with E-state index in [4.69, 9.17) is 4.74 Å². The van der Waals surface area contributed by atoms with Crippen LogP contribution in [0.3, 0.4) is 0 Å². The summed E-state index contributed by atoms with van der Waals surface area (Å²) >= 11 is 0. The first kappa shape index (κ1) is 18.9. The molecule has 0 spiro atoms. The quantitative estimate of drug-likeness (QED) is 0.480. The molecular formula is C17H37NO. The molecule has 0 aromatic carbocycles. The monoisotopic (exact) mass is 271 g/mol. The molecule has 0 fully saturated rings. The highest BCUT2D eigenvalue weighted by atomic mass is 16.5. The molecule has 0 saturated carbocycles. The van der Waals surface area contributed by atoms with E-state index in [1.54, 1.807) is 0 Å². The Hall–Kier alpha value is -0.0800. The van der Waals surface area contributed by atoms with Crippen LogP contribution in [0.25, 0.3) is 0 Å². The van der Waals surface area contributed by atoms with Gasteiger partial charge in [0.15, 0.2) is 0 Å². The molecule has 19 heavy (non-hydrogen) atoms. The van der Waals surface area contributed by atoms with Crippen molar-refractivity contribution < 1.29 is 4.74 Å². The predicted molar refractivity (Wildman–Crippen MR) is 85.8 cm³/mol. The van der Waals surface area contributed by atoms with Gasteiger partial charge in [0.1, 0.15) is 0 Å². The van der Waals surface area contributed by atoms with Gasteiger partial charge in [0.05, 0.1) is 5.60 Å². The maximum absolute atomic E-state index is 5.78. The number of nitrogens with one attached hydrogen (secondary N) is 1. The third-order valence-corrected chi connectivity index (χ3v) is 4.39. The van der Waals surface area contributed by atoms with Crippen molar-refractivity contribution in [3.8, 4) is 0 Å². The molecule has 0 bridgehead atoms. The van der Waals surface area contributed by atoms with Crippen LogP contribution in [-0.4, -0.2) is 25.3 Å². The molecule has 2 nitrogen and oxygen atoms in total. The van der Waals surface area contributed by atoms with Crippen molar-refractivity contribution in [2.24, 2.45) is 0 Å². The van der Waals surface area contributed by atoms with Gasteiger partial charge in [0.2, 0.25) is 0 Å². The minimum atomic E-state index is -0.0153. The van der Waals surface area contributed by atoms with Crippen LogP contribution in [0.2, 0.25) is 0 Å². The average Bonchev–Trinajstić information content (AvgIpc) is 2.45. The molecule has 2 heteroatoms. The first-order chi connectivity index (χ1) is 9.14. The lowest BCUT2D eigenvalue weighted by Crippen LogP contribution is -2.50. The molecule has 0 aliphatic carbocycles. The van der Waals surface area contributed by atoms with Gasteiger partial charge in [-0.25, -0.2) is 0 Å². The fourth-order valence-electron chi connectivity index (χ4n) is 2.60. The van der Waals surface area contributed by atoms with E-state index in [2.05, 4.69) is 33.0 Å². The summed E-state index contributed by atoms with van der Waals surface area (Å²) in [4.78, 5) is 0. The van der Waals surface area contributed by atoms with Crippen LogP contribution < -0.4 is 5.32 Å². The van der Waals surface area contributed by atoms with Gasteiger partial charge in [0.25, 0.3) is 0 Å². The largest absolute Gasteiger partial charge is 0.377 e. The van der Waals surface area contributed by atoms with Crippen LogP contribution in [-0.2, 0) is 4.74 Å². The molecule has 0 rings (SSSR count). The van der Waals surface area contributed by atoms with Crippen molar-refractivity contribution >= 4 is 0 Å². The van der Waals surface area contributed by atoms with Gasteiger partial charge in [-0.3, -0.25) is 0 Å². The molecule has 116 valence electrons. The summed E-state index contributed by atoms with van der Waals surface area (Å²) in [7, 11) is 1.85. The van der Waals surface area contributed by atoms with Crippen molar-refractivity contribution in [2.45, 2.75) is 97.1 Å². The van der Waals surface area contributed by atoms with E-state index in [0.29, 0.717) is 6.04 Å². The van der Waals surface area contributed by atoms with Crippen molar-refractivity contribution in [2.75, 3.05) is 13.7 Å². The van der Waals surface area contributed by atoms with Gasteiger partial charge in [-0.1, -0.05) is 59.3 Å². The third kappa shape index (κ3) is 7.94. The molecule has 0 heterocycles. The van der Waals surface area contributed by atoms with Gasteiger partial charge >= 0.3 is 0 Å². The van der Waals surface area contributed by atoms with E-state index in [9.17, 15) is 0 Å². The van der Waals surface area contributed by atoms with E-state index in [-0.39, 0.29) is 5.60 Å². The summed E-state index contributed by atoms with van der Waals surface area (Å²) in [5.74, 6) is 0. The lowest BCUT2D eigenvalue weighted by molar-refractivity contribution is -0.0316. The first-order valence-electron chi connectivity index (χ1n) is 8.43. The zero-order chi connectivity index (χ0) is 14.6. The normalized spacial score (nSPS) is 16.3. The van der Waals surface area contributed by atoms with Crippen LogP contribution in [0.4, 0.5) is 0 Å². The summed E-state index contributed by atoms with van der Waals surface area (Å²) in [6.07, 6.45) is 11.7. The van der Waals surface area contributed by atoms with Gasteiger partial charge < -0.3 is 10.1 Å². The van der Waals surface area contributed by atoms with Gasteiger partial charge in [-0.15, -0.1) is 0 Å². The molecule has 0 aromatic rings. The fourth-order valence-corrected chi connectivity index (χ4v) is 2.60. The highest BCUT2D eigenvalue weighted by Gasteiger charge is 2.31. The number of hydrogen-bond donors (Lipinski definition) is 1. The van der Waals surface area contributed by atoms with Gasteiger partial charge in [-0.2, -0.15) is 0 Å². The smallest absolute Gasteiger partial charge is 0.0800 e. The van der Waals surface area contributed by atoms with Crippen molar-refractivity contribution in [3.05, 3.63) is 0 Å². The Balaban J connectivity index is 4.05. The summed E-state index contributed by atoms with van der Waals surface area (Å²) in [5.41, 5.74) is -0.0153. The Bertz CT molecular complexity index is 190. The van der Waals surface area contributed by atoms with E-state index < -0.39 is 0 Å². The van der Waals surface area contributed by atoms with Crippen molar-refractivity contribution in [1.29, 1.82) is 0 Å². The molecule has 0 aromatic heterocycles. The van der Waals surface area contributed by atoms with E-state index in [1.807, 2.05) is 7.11 Å². The summed E-state index contributed by atoms with van der Waals surface area (Å²) < 4.78 is 5.78. The molecule has 2 atom stereocenters. The highest BCUT2D eigenvalue weighted by Crippen LogP contribution is 2.23. The Morgan fingerprint density at radius 1 is 0.947 bits per heavy atom. The minimum Gasteiger partial charge on any atom is -0.377 e. The molecule has 0 aliphatic heterocycles. The number of hydrogen-bond acceptors (Lipinski definition) is 2. The first-order valence-corrected chi connectivity index (χ1v) is 8.43. The number of unbranched alkanes of at least 4 members (excludes halogenated alkanes) is 5. The van der Waals surface area contributed by atoms with Crippen LogP contribution in [0.15, 0.2) is 0 Å². The zero-order valence-electron chi connectivity index (χ0n) is 14.1. The maximum atomic E-state index is 5.78. The molecule has 0 radical (unpaired) electrons. The Morgan fingerprint density at radius 2 is 1.58 bits per heavy atom. The van der Waals surface area contributed by atoms with Crippen LogP contribution in [0, 0.1) is 0 Å². The van der Waals surface area contributed by atoms with Crippen LogP contribution in [0.5, 0.6) is 0 Å². The second-order valence-corrected chi connectivity index (χ2v) is 5.93. The van der Waals surface area contributed by atoms with Crippen LogP contribution >= 0.6 is 0 Å². The topological polar surface area (TPSA) is 21.3 Å². The summed E-state index contributed by atoms with van der Waals surface area (Å²) in [6, 6.07) is 0.494.